The van der Waals surface area contributed by atoms with E-state index in [1.165, 1.54) is 18.4 Å². The van der Waals surface area contributed by atoms with Crippen LogP contribution < -0.4 is 24.8 Å². The van der Waals surface area contributed by atoms with Crippen molar-refractivity contribution < 1.29 is 14.2 Å². The molecule has 154 valence electrons. The van der Waals surface area contributed by atoms with Crippen molar-refractivity contribution in [3.05, 3.63) is 53.6 Å². The van der Waals surface area contributed by atoms with Crippen LogP contribution in [0.25, 0.3) is 0 Å². The van der Waals surface area contributed by atoms with E-state index in [4.69, 9.17) is 26.4 Å². The van der Waals surface area contributed by atoms with Crippen molar-refractivity contribution in [2.45, 2.75) is 25.4 Å². The predicted octanol–water partition coefficient (Wildman–Crippen LogP) is 3.23. The molecule has 29 heavy (non-hydrogen) atoms. The molecule has 2 heterocycles. The molecule has 0 spiro atoms. The Morgan fingerprint density at radius 2 is 1.83 bits per heavy atom. The second kappa shape index (κ2) is 9.33. The summed E-state index contributed by atoms with van der Waals surface area (Å²) in [5.74, 6) is 2.46. The summed E-state index contributed by atoms with van der Waals surface area (Å²) in [7, 11) is 1.69. The Morgan fingerprint density at radius 1 is 1.07 bits per heavy atom. The number of rotatable bonds is 7. The van der Waals surface area contributed by atoms with Gasteiger partial charge in [0.25, 0.3) is 0 Å². The minimum atomic E-state index is 0.286. The first kappa shape index (κ1) is 19.8. The molecule has 0 radical (unpaired) electrons. The van der Waals surface area contributed by atoms with Crippen molar-refractivity contribution >= 4 is 17.3 Å². The maximum Gasteiger partial charge on any atom is 0.231 e. The molecule has 4 rings (SSSR count). The molecule has 0 saturated carbocycles. The average molecular weight is 414 g/mol. The zero-order valence-corrected chi connectivity index (χ0v) is 17.5. The van der Waals surface area contributed by atoms with Gasteiger partial charge in [0.05, 0.1) is 13.2 Å². The summed E-state index contributed by atoms with van der Waals surface area (Å²) in [5.41, 5.74) is 2.38. The molecule has 0 aliphatic carbocycles. The highest BCUT2D eigenvalue weighted by molar-refractivity contribution is 7.80. The molecule has 0 bridgehead atoms. The largest absolute Gasteiger partial charge is 0.497 e. The molecule has 0 amide bonds. The lowest BCUT2D eigenvalue weighted by Gasteiger charge is -2.29. The van der Waals surface area contributed by atoms with Crippen molar-refractivity contribution in [1.82, 2.24) is 15.5 Å². The molecule has 1 atom stereocenters. The van der Waals surface area contributed by atoms with Crippen molar-refractivity contribution in [3.8, 4) is 17.2 Å². The lowest BCUT2D eigenvalue weighted by atomic mass is 10.1. The van der Waals surface area contributed by atoms with Gasteiger partial charge in [-0.1, -0.05) is 18.2 Å². The smallest absolute Gasteiger partial charge is 0.231 e. The van der Waals surface area contributed by atoms with E-state index in [2.05, 4.69) is 27.7 Å². The third kappa shape index (κ3) is 4.92. The molecule has 6 nitrogen and oxygen atoms in total. The van der Waals surface area contributed by atoms with E-state index in [1.807, 2.05) is 30.3 Å². The maximum absolute atomic E-state index is 5.52. The summed E-state index contributed by atoms with van der Waals surface area (Å²) in [5, 5.41) is 7.35. The lowest BCUT2D eigenvalue weighted by molar-refractivity contribution is 0.174. The molecule has 7 heteroatoms. The Kier molecular flexibility index (Phi) is 6.36. The second-order valence-corrected chi connectivity index (χ2v) is 7.69. The van der Waals surface area contributed by atoms with Crippen LogP contribution in [-0.4, -0.2) is 43.5 Å². The van der Waals surface area contributed by atoms with E-state index >= 15 is 0 Å². The van der Waals surface area contributed by atoms with Crippen LogP contribution in [0.5, 0.6) is 17.2 Å². The Morgan fingerprint density at radius 3 is 2.59 bits per heavy atom. The number of methoxy groups -OCH3 is 1. The molecule has 2 aromatic carbocycles. The lowest BCUT2D eigenvalue weighted by Crippen LogP contribution is -2.41. The van der Waals surface area contributed by atoms with Gasteiger partial charge in [-0.05, 0) is 73.5 Å². The van der Waals surface area contributed by atoms with Gasteiger partial charge >= 0.3 is 0 Å². The number of ether oxygens (including phenoxy) is 3. The first-order chi connectivity index (χ1) is 14.2. The van der Waals surface area contributed by atoms with Crippen molar-refractivity contribution in [2.75, 3.05) is 33.5 Å². The van der Waals surface area contributed by atoms with Crippen LogP contribution in [0.2, 0.25) is 0 Å². The summed E-state index contributed by atoms with van der Waals surface area (Å²) in [6, 6.07) is 14.6. The van der Waals surface area contributed by atoms with Crippen molar-refractivity contribution in [2.24, 2.45) is 0 Å². The minimum absolute atomic E-state index is 0.286. The summed E-state index contributed by atoms with van der Waals surface area (Å²) in [4.78, 5) is 2.52. The van der Waals surface area contributed by atoms with E-state index < -0.39 is 0 Å². The fraction of sp³-hybridized carbons (Fsp3) is 0.409. The fourth-order valence-electron chi connectivity index (χ4n) is 3.82. The van der Waals surface area contributed by atoms with E-state index in [-0.39, 0.29) is 12.8 Å². The van der Waals surface area contributed by atoms with Gasteiger partial charge in [-0.15, -0.1) is 0 Å². The number of hydrogen-bond acceptors (Lipinski definition) is 5. The van der Waals surface area contributed by atoms with Crippen molar-refractivity contribution in [1.29, 1.82) is 0 Å². The summed E-state index contributed by atoms with van der Waals surface area (Å²) < 4.78 is 16.1. The van der Waals surface area contributed by atoms with Crippen LogP contribution in [0.4, 0.5) is 0 Å². The topological polar surface area (TPSA) is 55.0 Å². The summed E-state index contributed by atoms with van der Waals surface area (Å²) in [6.07, 6.45) is 2.50. The zero-order valence-electron chi connectivity index (χ0n) is 16.6. The van der Waals surface area contributed by atoms with E-state index in [9.17, 15) is 0 Å². The number of hydrogen-bond donors (Lipinski definition) is 2. The van der Waals surface area contributed by atoms with Crippen LogP contribution >= 0.6 is 12.2 Å². The van der Waals surface area contributed by atoms with Crippen molar-refractivity contribution in [3.63, 3.8) is 0 Å². The van der Waals surface area contributed by atoms with Crippen LogP contribution in [0.3, 0.4) is 0 Å². The molecule has 0 aromatic heterocycles. The monoisotopic (exact) mass is 413 g/mol. The number of likely N-dealkylation sites (tertiary alicyclic amines) is 1. The van der Waals surface area contributed by atoms with Gasteiger partial charge in [0.2, 0.25) is 6.79 Å². The third-order valence-electron chi connectivity index (χ3n) is 5.43. The van der Waals surface area contributed by atoms with Gasteiger partial charge in [-0.25, -0.2) is 0 Å². The Hall–Kier alpha value is -2.51. The predicted molar refractivity (Wildman–Crippen MR) is 117 cm³/mol. The number of nitrogens with zero attached hydrogens (tertiary/aromatic N) is 1. The number of thiocarbonyl (C=S) groups is 1. The summed E-state index contributed by atoms with van der Waals surface area (Å²) in [6.45, 7) is 3.93. The highest BCUT2D eigenvalue weighted by atomic mass is 32.1. The average Bonchev–Trinajstić information content (AvgIpc) is 3.44. The molecule has 2 aliphatic rings. The first-order valence-electron chi connectivity index (χ1n) is 10.0. The molecule has 1 saturated heterocycles. The first-order valence-corrected chi connectivity index (χ1v) is 10.4. The Balaban J connectivity index is 1.33. The maximum atomic E-state index is 5.52. The normalized spacial score (nSPS) is 16.4. The molecule has 1 fully saturated rings. The quantitative estimate of drug-likeness (QED) is 0.676. The van der Waals surface area contributed by atoms with Crippen LogP contribution in [0, 0.1) is 0 Å². The minimum Gasteiger partial charge on any atom is -0.497 e. The van der Waals surface area contributed by atoms with Gasteiger partial charge in [-0.3, -0.25) is 4.90 Å². The highest BCUT2D eigenvalue weighted by Gasteiger charge is 2.23. The van der Waals surface area contributed by atoms with E-state index in [1.54, 1.807) is 7.11 Å². The SMILES string of the molecule is COc1ccc([C@H](CNC(=S)NCc2ccc3c(c2)OCO3)N2CCCC2)cc1. The Labute approximate surface area is 177 Å². The van der Waals surface area contributed by atoms with Gasteiger partial charge < -0.3 is 24.8 Å². The standard InChI is InChI=1S/C22H27N3O3S/c1-26-18-7-5-17(6-8-18)19(25-10-2-3-11-25)14-24-22(29)23-13-16-4-9-20-21(12-16)28-15-27-20/h4-9,12,19H,2-3,10-11,13-15H2,1H3,(H2,23,24,29)/t19-/m0/s1. The fourth-order valence-corrected chi connectivity index (χ4v) is 3.98. The zero-order chi connectivity index (χ0) is 20.1. The van der Waals surface area contributed by atoms with Crippen LogP contribution in [-0.2, 0) is 6.54 Å². The summed E-state index contributed by atoms with van der Waals surface area (Å²) >= 11 is 5.52. The number of benzene rings is 2. The highest BCUT2D eigenvalue weighted by Crippen LogP contribution is 2.32. The van der Waals surface area contributed by atoms with Gasteiger partial charge in [0.1, 0.15) is 5.75 Å². The Bertz CT molecular complexity index is 838. The molecule has 2 aromatic rings. The number of fused-ring (bicyclic) bond motifs is 1. The van der Waals surface area contributed by atoms with Crippen LogP contribution in [0.1, 0.15) is 30.0 Å². The van der Waals surface area contributed by atoms with E-state index in [0.29, 0.717) is 11.7 Å². The van der Waals surface area contributed by atoms with E-state index in [0.717, 1.165) is 42.4 Å². The third-order valence-corrected chi connectivity index (χ3v) is 5.72. The molecule has 2 aliphatic heterocycles. The van der Waals surface area contributed by atoms with Gasteiger partial charge in [0, 0.05) is 13.1 Å². The molecule has 0 unspecified atom stereocenters. The second-order valence-electron chi connectivity index (χ2n) is 7.28. The number of nitrogens with one attached hydrogen (secondary N) is 2. The molecular formula is C22H27N3O3S. The molecule has 2 N–H and O–H groups in total. The van der Waals surface area contributed by atoms with Gasteiger partial charge in [-0.2, -0.15) is 0 Å². The van der Waals surface area contributed by atoms with Gasteiger partial charge in [0.15, 0.2) is 16.6 Å². The van der Waals surface area contributed by atoms with Crippen LogP contribution in [0.15, 0.2) is 42.5 Å². The molecular weight excluding hydrogens is 386 g/mol.